The Bertz CT molecular complexity index is 1280. The summed E-state index contributed by atoms with van der Waals surface area (Å²) < 4.78 is 8.51. The summed E-state index contributed by atoms with van der Waals surface area (Å²) in [5.41, 5.74) is -2.27. The topological polar surface area (TPSA) is 90.5 Å². The molecule has 0 spiro atoms. The summed E-state index contributed by atoms with van der Waals surface area (Å²) in [7, 11) is 0. The second-order valence-corrected chi connectivity index (χ2v) is 11.5. The molecule has 0 aliphatic rings. The van der Waals surface area contributed by atoms with Gasteiger partial charge in [0, 0.05) is 0 Å². The van der Waals surface area contributed by atoms with E-state index in [0.717, 1.165) is 4.57 Å². The molecule has 172 valence electrons. The highest BCUT2D eigenvalue weighted by molar-refractivity contribution is 9.11. The number of aryl methyl sites for hydroxylation is 1. The number of aliphatic hydroxyl groups excluding tert-OH is 1. The van der Waals surface area contributed by atoms with Crippen LogP contribution in [-0.4, -0.2) is 25.8 Å². The molecule has 0 saturated heterocycles. The fourth-order valence-electron chi connectivity index (χ4n) is 3.42. The van der Waals surface area contributed by atoms with E-state index >= 15 is 0 Å². The fraction of sp³-hybridized carbons (Fsp3) is 0.435. The molecule has 0 radical (unpaired) electrons. The number of esters is 1. The molecule has 1 N–H and O–H groups in total. The molecule has 1 aromatic carbocycles. The molecule has 9 heteroatoms. The Kier molecular flexibility index (Phi) is 6.57. The zero-order valence-corrected chi connectivity index (χ0v) is 21.3. The molecule has 0 aliphatic carbocycles. The third kappa shape index (κ3) is 4.46. The summed E-state index contributed by atoms with van der Waals surface area (Å²) in [4.78, 5) is 40.5. The standard InChI is InChI=1S/C23H27BrN2O5S/c1-13-16-18(28)26(23(5,6)20(29)31-22(2,3)4)21(30)25(19(16)32-17(13)24)12-15(27)14-10-8-7-9-11-14/h7-11,15,27H,12H2,1-6H3/t15-/m0/s1. The van der Waals surface area contributed by atoms with Gasteiger partial charge < -0.3 is 9.84 Å². The summed E-state index contributed by atoms with van der Waals surface area (Å²) in [6.45, 7) is 9.85. The molecule has 0 saturated carbocycles. The third-order valence-corrected chi connectivity index (χ3v) is 7.34. The van der Waals surface area contributed by atoms with Crippen LogP contribution in [0.1, 0.15) is 51.8 Å². The van der Waals surface area contributed by atoms with Crippen LogP contribution in [0, 0.1) is 6.92 Å². The van der Waals surface area contributed by atoms with Gasteiger partial charge in [0.1, 0.15) is 16.0 Å². The van der Waals surface area contributed by atoms with Crippen LogP contribution >= 0.6 is 27.3 Å². The maximum absolute atomic E-state index is 13.6. The van der Waals surface area contributed by atoms with E-state index in [4.69, 9.17) is 4.74 Å². The molecule has 3 rings (SSSR count). The predicted molar refractivity (Wildman–Crippen MR) is 129 cm³/mol. The number of thiophene rings is 1. The largest absolute Gasteiger partial charge is 0.458 e. The lowest BCUT2D eigenvalue weighted by atomic mass is 10.0. The molecule has 0 fully saturated rings. The van der Waals surface area contributed by atoms with Crippen molar-refractivity contribution in [3.63, 3.8) is 0 Å². The van der Waals surface area contributed by atoms with Crippen molar-refractivity contribution >= 4 is 43.5 Å². The van der Waals surface area contributed by atoms with Gasteiger partial charge in [-0.1, -0.05) is 30.3 Å². The minimum Gasteiger partial charge on any atom is -0.458 e. The highest BCUT2D eigenvalue weighted by Crippen LogP contribution is 2.33. The van der Waals surface area contributed by atoms with Crippen molar-refractivity contribution in [1.82, 2.24) is 9.13 Å². The summed E-state index contributed by atoms with van der Waals surface area (Å²) in [5, 5.41) is 11.1. The molecule has 32 heavy (non-hydrogen) atoms. The molecule has 2 aromatic heterocycles. The van der Waals surface area contributed by atoms with Gasteiger partial charge >= 0.3 is 11.7 Å². The van der Waals surface area contributed by atoms with E-state index in [1.165, 1.54) is 29.8 Å². The number of benzene rings is 1. The van der Waals surface area contributed by atoms with Crippen LogP contribution in [0.15, 0.2) is 43.7 Å². The number of ether oxygens (including phenoxy) is 1. The number of hydrogen-bond donors (Lipinski definition) is 1. The fourth-order valence-corrected chi connectivity index (χ4v) is 5.11. The van der Waals surface area contributed by atoms with Gasteiger partial charge in [-0.15, -0.1) is 11.3 Å². The number of carbonyl (C=O) groups is 1. The summed E-state index contributed by atoms with van der Waals surface area (Å²) >= 11 is 4.70. The van der Waals surface area contributed by atoms with Crippen LogP contribution in [0.2, 0.25) is 0 Å². The Morgan fingerprint density at radius 1 is 1.16 bits per heavy atom. The van der Waals surface area contributed by atoms with E-state index in [9.17, 15) is 19.5 Å². The van der Waals surface area contributed by atoms with Gasteiger partial charge in [0.15, 0.2) is 0 Å². The van der Waals surface area contributed by atoms with Gasteiger partial charge in [0.05, 0.1) is 21.8 Å². The molecule has 1 atom stereocenters. The van der Waals surface area contributed by atoms with Crippen molar-refractivity contribution in [2.24, 2.45) is 0 Å². The minimum absolute atomic E-state index is 0.0730. The molecule has 2 heterocycles. The van der Waals surface area contributed by atoms with E-state index in [2.05, 4.69) is 15.9 Å². The zero-order valence-electron chi connectivity index (χ0n) is 18.9. The first-order chi connectivity index (χ1) is 14.8. The lowest BCUT2D eigenvalue weighted by Crippen LogP contribution is -2.54. The molecule has 0 aliphatic heterocycles. The maximum atomic E-state index is 13.6. The molecule has 0 unspecified atom stereocenters. The lowest BCUT2D eigenvalue weighted by Gasteiger charge is -2.30. The second-order valence-electron chi connectivity index (χ2n) is 9.20. The average Bonchev–Trinajstić information content (AvgIpc) is 2.99. The predicted octanol–water partition coefficient (Wildman–Crippen LogP) is 4.11. The number of fused-ring (bicyclic) bond motifs is 1. The number of halogens is 1. The first-order valence-electron chi connectivity index (χ1n) is 10.2. The van der Waals surface area contributed by atoms with Crippen LogP contribution in [0.4, 0.5) is 0 Å². The van der Waals surface area contributed by atoms with Gasteiger partial charge in [-0.05, 0) is 68.6 Å². The van der Waals surface area contributed by atoms with Crippen molar-refractivity contribution < 1.29 is 14.6 Å². The molecule has 0 bridgehead atoms. The SMILES string of the molecule is Cc1c(Br)sc2c1c(=O)n(C(C)(C)C(=O)OC(C)(C)C)c(=O)n2C[C@H](O)c1ccccc1. The summed E-state index contributed by atoms with van der Waals surface area (Å²) in [5.74, 6) is -0.689. The maximum Gasteiger partial charge on any atom is 0.333 e. The van der Waals surface area contributed by atoms with Crippen LogP contribution in [0.25, 0.3) is 10.2 Å². The second kappa shape index (κ2) is 8.61. The van der Waals surface area contributed by atoms with E-state index in [1.807, 2.05) is 6.07 Å². The van der Waals surface area contributed by atoms with Gasteiger partial charge in [-0.25, -0.2) is 14.2 Å². The molecule has 7 nitrogen and oxygen atoms in total. The van der Waals surface area contributed by atoms with E-state index in [0.29, 0.717) is 25.1 Å². The molecular weight excluding hydrogens is 496 g/mol. The van der Waals surface area contributed by atoms with Crippen molar-refractivity contribution in [2.75, 3.05) is 0 Å². The van der Waals surface area contributed by atoms with Crippen molar-refractivity contribution in [1.29, 1.82) is 0 Å². The number of nitrogens with zero attached hydrogens (tertiary/aromatic N) is 2. The molecule has 0 amide bonds. The normalized spacial score (nSPS) is 13.4. The molecular formula is C23H27BrN2O5S. The highest BCUT2D eigenvalue weighted by Gasteiger charge is 2.38. The highest BCUT2D eigenvalue weighted by atomic mass is 79.9. The number of carbonyl (C=O) groups excluding carboxylic acids is 1. The Hall–Kier alpha value is -2.23. The first-order valence-corrected chi connectivity index (χ1v) is 11.8. The Balaban J connectivity index is 2.27. The van der Waals surface area contributed by atoms with E-state index < -0.39 is 34.5 Å². The van der Waals surface area contributed by atoms with Crippen molar-refractivity contribution in [3.8, 4) is 0 Å². The zero-order chi connectivity index (χ0) is 24.0. The third-order valence-electron chi connectivity index (χ3n) is 5.15. The van der Waals surface area contributed by atoms with E-state index in [1.54, 1.807) is 52.0 Å². The quantitative estimate of drug-likeness (QED) is 0.509. The van der Waals surface area contributed by atoms with Crippen molar-refractivity contribution in [3.05, 3.63) is 66.1 Å². The van der Waals surface area contributed by atoms with Gasteiger partial charge in [0.2, 0.25) is 0 Å². The Morgan fingerprint density at radius 3 is 2.31 bits per heavy atom. The van der Waals surface area contributed by atoms with Crippen LogP contribution in [0.5, 0.6) is 0 Å². The first kappa shape index (κ1) is 24.4. The van der Waals surface area contributed by atoms with Gasteiger partial charge in [-0.3, -0.25) is 9.36 Å². The number of aliphatic hydroxyl groups is 1. The van der Waals surface area contributed by atoms with Gasteiger partial charge in [0.25, 0.3) is 5.56 Å². The molecule has 3 aromatic rings. The Morgan fingerprint density at radius 2 is 1.75 bits per heavy atom. The number of aromatic nitrogens is 2. The Labute approximate surface area is 198 Å². The van der Waals surface area contributed by atoms with Crippen molar-refractivity contribution in [2.45, 2.75) is 65.3 Å². The van der Waals surface area contributed by atoms with Gasteiger partial charge in [-0.2, -0.15) is 0 Å². The summed E-state index contributed by atoms with van der Waals surface area (Å²) in [6.07, 6.45) is -0.978. The van der Waals surface area contributed by atoms with Crippen LogP contribution in [-0.2, 0) is 21.6 Å². The minimum atomic E-state index is -1.56. The van der Waals surface area contributed by atoms with Crippen LogP contribution < -0.4 is 11.2 Å². The lowest BCUT2D eigenvalue weighted by molar-refractivity contribution is -0.164. The smallest absolute Gasteiger partial charge is 0.333 e. The average molecular weight is 523 g/mol. The summed E-state index contributed by atoms with van der Waals surface area (Å²) in [6, 6.07) is 8.97. The number of hydrogen-bond acceptors (Lipinski definition) is 6. The van der Waals surface area contributed by atoms with E-state index in [-0.39, 0.29) is 6.54 Å². The monoisotopic (exact) mass is 522 g/mol. The van der Waals surface area contributed by atoms with Crippen LogP contribution in [0.3, 0.4) is 0 Å². The number of rotatable bonds is 5.